The van der Waals surface area contributed by atoms with Crippen molar-refractivity contribution < 1.29 is 9.59 Å². The summed E-state index contributed by atoms with van der Waals surface area (Å²) >= 11 is 7.31. The maximum atomic E-state index is 11.6. The minimum absolute atomic E-state index is 0.0349. The number of thioether (sulfide) groups is 1. The van der Waals surface area contributed by atoms with E-state index in [9.17, 15) is 9.59 Å². The molecular formula is C17H14ClN5O2S. The summed E-state index contributed by atoms with van der Waals surface area (Å²) in [6.45, 7) is 0. The maximum Gasteiger partial charge on any atom is 0.318 e. The highest BCUT2D eigenvalue weighted by Gasteiger charge is 2.12. The molecule has 7 nitrogen and oxygen atoms in total. The molecule has 9 heteroatoms. The van der Waals surface area contributed by atoms with Crippen LogP contribution in [0.25, 0.3) is 10.9 Å². The Kier molecular flexibility index (Phi) is 5.55. The number of nitrogens with one attached hydrogen (secondary N) is 2. The highest BCUT2D eigenvalue weighted by atomic mass is 35.5. The van der Waals surface area contributed by atoms with E-state index in [1.54, 1.807) is 6.07 Å². The summed E-state index contributed by atoms with van der Waals surface area (Å²) in [7, 11) is 0. The number of amides is 3. The van der Waals surface area contributed by atoms with Gasteiger partial charge in [-0.05, 0) is 24.3 Å². The van der Waals surface area contributed by atoms with E-state index >= 15 is 0 Å². The van der Waals surface area contributed by atoms with Crippen LogP contribution in [-0.4, -0.2) is 27.7 Å². The van der Waals surface area contributed by atoms with Gasteiger partial charge in [0.05, 0.1) is 22.0 Å². The molecule has 132 valence electrons. The molecule has 3 rings (SSSR count). The maximum absolute atomic E-state index is 11.6. The van der Waals surface area contributed by atoms with Crippen molar-refractivity contribution in [2.45, 2.75) is 5.16 Å². The molecule has 0 saturated carbocycles. The number of nitrogens with two attached hydrogens (primary N) is 1. The number of imide groups is 1. The molecule has 26 heavy (non-hydrogen) atoms. The number of hydrogen-bond donors (Lipinski definition) is 3. The summed E-state index contributed by atoms with van der Waals surface area (Å²) in [6, 6.07) is 13.9. The van der Waals surface area contributed by atoms with Gasteiger partial charge < -0.3 is 11.1 Å². The average molecular weight is 388 g/mol. The molecule has 1 aromatic heterocycles. The zero-order valence-corrected chi connectivity index (χ0v) is 15.0. The van der Waals surface area contributed by atoms with Crippen LogP contribution in [0.3, 0.4) is 0 Å². The highest BCUT2D eigenvalue weighted by molar-refractivity contribution is 7.99. The van der Waals surface area contributed by atoms with Crippen LogP contribution in [0.4, 0.5) is 16.3 Å². The molecule has 0 fully saturated rings. The SMILES string of the molecule is NC(=O)NC(=O)CSc1nc(Nc2ccccc2Cl)c2ccccc2n1. The van der Waals surface area contributed by atoms with Crippen LogP contribution >= 0.6 is 23.4 Å². The molecule has 0 aliphatic carbocycles. The van der Waals surface area contributed by atoms with E-state index in [2.05, 4.69) is 15.3 Å². The Labute approximate surface area is 158 Å². The first-order valence-corrected chi connectivity index (χ1v) is 8.89. The number of carbonyl (C=O) groups is 2. The summed E-state index contributed by atoms with van der Waals surface area (Å²) in [5.41, 5.74) is 6.35. The highest BCUT2D eigenvalue weighted by Crippen LogP contribution is 2.29. The van der Waals surface area contributed by atoms with Gasteiger partial charge in [0, 0.05) is 5.39 Å². The number of hydrogen-bond acceptors (Lipinski definition) is 6. The number of halogens is 1. The van der Waals surface area contributed by atoms with E-state index in [4.69, 9.17) is 17.3 Å². The van der Waals surface area contributed by atoms with E-state index in [1.165, 1.54) is 0 Å². The summed E-state index contributed by atoms with van der Waals surface area (Å²) in [6.07, 6.45) is 0. The monoisotopic (exact) mass is 387 g/mol. The predicted octanol–water partition coefficient (Wildman–Crippen LogP) is 3.31. The summed E-state index contributed by atoms with van der Waals surface area (Å²) in [5.74, 6) is 0.0219. The van der Waals surface area contributed by atoms with Crippen molar-refractivity contribution in [2.24, 2.45) is 5.73 Å². The third-order valence-corrected chi connectivity index (χ3v) is 4.48. The van der Waals surface area contributed by atoms with Gasteiger partial charge >= 0.3 is 6.03 Å². The molecule has 1 heterocycles. The molecule has 0 radical (unpaired) electrons. The molecule has 0 bridgehead atoms. The number of fused-ring (bicyclic) bond motifs is 1. The van der Waals surface area contributed by atoms with E-state index in [0.29, 0.717) is 21.7 Å². The third kappa shape index (κ3) is 4.41. The lowest BCUT2D eigenvalue weighted by atomic mass is 10.2. The number of anilines is 2. The first-order valence-electron chi connectivity index (χ1n) is 7.53. The van der Waals surface area contributed by atoms with Crippen molar-refractivity contribution in [1.82, 2.24) is 15.3 Å². The second kappa shape index (κ2) is 8.03. The van der Waals surface area contributed by atoms with Gasteiger partial charge in [0.25, 0.3) is 0 Å². The Morgan fingerprint density at radius 3 is 2.58 bits per heavy atom. The van der Waals surface area contributed by atoms with Crippen molar-refractivity contribution in [3.05, 3.63) is 53.6 Å². The van der Waals surface area contributed by atoms with Crippen LogP contribution in [0.2, 0.25) is 5.02 Å². The van der Waals surface area contributed by atoms with Crippen molar-refractivity contribution in [3.63, 3.8) is 0 Å². The van der Waals surface area contributed by atoms with Crippen molar-refractivity contribution in [2.75, 3.05) is 11.1 Å². The van der Waals surface area contributed by atoms with Gasteiger partial charge in [-0.25, -0.2) is 14.8 Å². The fourth-order valence-corrected chi connectivity index (χ4v) is 3.04. The zero-order chi connectivity index (χ0) is 18.5. The molecule has 2 aromatic carbocycles. The lowest BCUT2D eigenvalue weighted by Crippen LogP contribution is -2.36. The van der Waals surface area contributed by atoms with E-state index < -0.39 is 11.9 Å². The second-order valence-corrected chi connectivity index (χ2v) is 6.53. The molecule has 3 aromatic rings. The largest absolute Gasteiger partial charge is 0.351 e. The van der Waals surface area contributed by atoms with Gasteiger partial charge in [-0.3, -0.25) is 10.1 Å². The number of rotatable bonds is 5. The quantitative estimate of drug-likeness (QED) is 0.457. The number of aromatic nitrogens is 2. The summed E-state index contributed by atoms with van der Waals surface area (Å²) in [4.78, 5) is 31.2. The number of primary amides is 1. The number of nitrogens with zero attached hydrogens (tertiary/aromatic N) is 2. The van der Waals surface area contributed by atoms with Crippen LogP contribution in [0.1, 0.15) is 0 Å². The molecule has 0 spiro atoms. The number of benzene rings is 2. The fraction of sp³-hybridized carbons (Fsp3) is 0.0588. The third-order valence-electron chi connectivity index (χ3n) is 3.30. The van der Waals surface area contributed by atoms with E-state index in [-0.39, 0.29) is 5.75 Å². The molecular weight excluding hydrogens is 374 g/mol. The van der Waals surface area contributed by atoms with Gasteiger partial charge in [-0.1, -0.05) is 47.6 Å². The first kappa shape index (κ1) is 18.0. The number of carbonyl (C=O) groups excluding carboxylic acids is 2. The van der Waals surface area contributed by atoms with Crippen LogP contribution in [0, 0.1) is 0 Å². The van der Waals surface area contributed by atoms with E-state index in [0.717, 1.165) is 22.7 Å². The van der Waals surface area contributed by atoms with Crippen molar-refractivity contribution in [1.29, 1.82) is 0 Å². The minimum Gasteiger partial charge on any atom is -0.351 e. The molecule has 0 saturated heterocycles. The van der Waals surface area contributed by atoms with Crippen LogP contribution in [0.15, 0.2) is 53.7 Å². The molecule has 0 aliphatic rings. The standard InChI is InChI=1S/C17H14ClN5O2S/c18-11-6-2-4-8-13(11)20-15-10-5-1-3-7-12(10)21-17(23-15)26-9-14(24)22-16(19)25/h1-8H,9H2,(H,20,21,23)(H3,19,22,24,25). The predicted molar refractivity (Wildman–Crippen MR) is 103 cm³/mol. The second-order valence-electron chi connectivity index (χ2n) is 5.18. The van der Waals surface area contributed by atoms with Gasteiger partial charge in [-0.15, -0.1) is 0 Å². The zero-order valence-electron chi connectivity index (χ0n) is 13.4. The topological polar surface area (TPSA) is 110 Å². The van der Waals surface area contributed by atoms with Crippen molar-refractivity contribution in [3.8, 4) is 0 Å². The van der Waals surface area contributed by atoms with Gasteiger partial charge in [0.2, 0.25) is 5.91 Å². The number of para-hydroxylation sites is 2. The lowest BCUT2D eigenvalue weighted by molar-refractivity contribution is -0.117. The smallest absolute Gasteiger partial charge is 0.318 e. The Bertz CT molecular complexity index is 982. The Morgan fingerprint density at radius 2 is 1.81 bits per heavy atom. The van der Waals surface area contributed by atoms with Crippen LogP contribution in [-0.2, 0) is 4.79 Å². The van der Waals surface area contributed by atoms with Gasteiger partial charge in [0.1, 0.15) is 5.82 Å². The minimum atomic E-state index is -0.892. The fourth-order valence-electron chi connectivity index (χ4n) is 2.21. The Balaban J connectivity index is 1.90. The van der Waals surface area contributed by atoms with Gasteiger partial charge in [0.15, 0.2) is 5.16 Å². The molecule has 0 atom stereocenters. The van der Waals surface area contributed by atoms with Crippen molar-refractivity contribution >= 4 is 57.7 Å². The molecule has 3 amide bonds. The first-order chi connectivity index (χ1) is 12.5. The Morgan fingerprint density at radius 1 is 1.08 bits per heavy atom. The molecule has 0 aliphatic heterocycles. The lowest BCUT2D eigenvalue weighted by Gasteiger charge is -2.11. The number of urea groups is 1. The van der Waals surface area contributed by atoms with Crippen LogP contribution in [0.5, 0.6) is 0 Å². The summed E-state index contributed by atoms with van der Waals surface area (Å²) in [5, 5.41) is 6.97. The average Bonchev–Trinajstić information content (AvgIpc) is 2.61. The Hall–Kier alpha value is -2.84. The molecule has 0 unspecified atom stereocenters. The van der Waals surface area contributed by atoms with E-state index in [1.807, 2.05) is 47.8 Å². The molecule has 4 N–H and O–H groups in total. The normalized spacial score (nSPS) is 10.5. The summed E-state index contributed by atoms with van der Waals surface area (Å²) < 4.78 is 0. The van der Waals surface area contributed by atoms with Gasteiger partial charge in [-0.2, -0.15) is 0 Å². The van der Waals surface area contributed by atoms with Crippen LogP contribution < -0.4 is 16.4 Å².